The predicted octanol–water partition coefficient (Wildman–Crippen LogP) is 2.26. The topological polar surface area (TPSA) is 53.0 Å². The second-order valence-electron chi connectivity index (χ2n) is 6.86. The van der Waals surface area contributed by atoms with Gasteiger partial charge in [0.05, 0.1) is 19.3 Å². The fourth-order valence-electron chi connectivity index (χ4n) is 3.45. The van der Waals surface area contributed by atoms with E-state index in [2.05, 4.69) is 23.1 Å². The van der Waals surface area contributed by atoms with Crippen molar-refractivity contribution in [2.45, 2.75) is 32.0 Å². The van der Waals surface area contributed by atoms with E-state index in [4.69, 9.17) is 4.74 Å². The fraction of sp³-hybridized carbons (Fsp3) is 0.450. The number of rotatable bonds is 5. The summed E-state index contributed by atoms with van der Waals surface area (Å²) in [5.41, 5.74) is 1.10. The van der Waals surface area contributed by atoms with Crippen molar-refractivity contribution < 1.29 is 14.6 Å². The number of ether oxygens (including phenoxy) is 1. The number of β-amino-alcohol motifs (C(OH)–C–C–N with tert-alkyl or cyclic N) is 1. The number of nitrogens with zero attached hydrogens (tertiary/aromatic N) is 2. The molecule has 1 unspecified atom stereocenters. The van der Waals surface area contributed by atoms with Crippen LogP contribution in [0.25, 0.3) is 10.8 Å². The van der Waals surface area contributed by atoms with Gasteiger partial charge in [0.2, 0.25) is 5.91 Å². The standard InChI is InChI=1S/C20H26N2O3/c1-14(22-9-8-18(23)13-22)20(24)21(2)12-15-4-5-17-11-19(25-3)7-6-16(17)10-15/h4-7,10-11,14,18,23H,8-9,12-13H2,1-3H3/t14?,18-/m0/s1. The zero-order valence-electron chi connectivity index (χ0n) is 15.1. The van der Waals surface area contributed by atoms with E-state index in [0.717, 1.165) is 35.1 Å². The van der Waals surface area contributed by atoms with E-state index in [9.17, 15) is 9.90 Å². The van der Waals surface area contributed by atoms with Crippen molar-refractivity contribution in [3.8, 4) is 5.75 Å². The second kappa shape index (κ2) is 7.42. The maximum absolute atomic E-state index is 12.7. The molecule has 1 amide bonds. The van der Waals surface area contributed by atoms with Crippen LogP contribution in [0.5, 0.6) is 5.75 Å². The van der Waals surface area contributed by atoms with E-state index in [1.54, 1.807) is 12.0 Å². The Labute approximate surface area is 148 Å². The SMILES string of the molecule is COc1ccc2cc(CN(C)C(=O)C(C)N3CC[C@H](O)C3)ccc2c1. The van der Waals surface area contributed by atoms with Crippen LogP contribution in [0.4, 0.5) is 0 Å². The van der Waals surface area contributed by atoms with Crippen LogP contribution in [0.2, 0.25) is 0 Å². The summed E-state index contributed by atoms with van der Waals surface area (Å²) in [5, 5.41) is 11.9. The Morgan fingerprint density at radius 3 is 2.72 bits per heavy atom. The summed E-state index contributed by atoms with van der Waals surface area (Å²) in [5.74, 6) is 0.929. The minimum absolute atomic E-state index is 0.0870. The molecule has 1 saturated heterocycles. The van der Waals surface area contributed by atoms with Gasteiger partial charge in [0.1, 0.15) is 5.75 Å². The number of likely N-dealkylation sites (N-methyl/N-ethyl adjacent to an activating group) is 1. The normalized spacial score (nSPS) is 19.1. The Bertz CT molecular complexity index is 762. The molecule has 3 rings (SSSR count). The first-order valence-corrected chi connectivity index (χ1v) is 8.71. The molecule has 0 aromatic heterocycles. The number of fused-ring (bicyclic) bond motifs is 1. The van der Waals surface area contributed by atoms with E-state index in [0.29, 0.717) is 13.1 Å². The first-order chi connectivity index (χ1) is 12.0. The van der Waals surface area contributed by atoms with Crippen molar-refractivity contribution in [1.29, 1.82) is 0 Å². The summed E-state index contributed by atoms with van der Waals surface area (Å²) < 4.78 is 5.26. The summed E-state index contributed by atoms with van der Waals surface area (Å²) in [6.45, 7) is 3.85. The quantitative estimate of drug-likeness (QED) is 0.906. The van der Waals surface area contributed by atoms with Gasteiger partial charge in [-0.15, -0.1) is 0 Å². The molecular weight excluding hydrogens is 316 g/mol. The molecule has 1 aliphatic rings. The van der Waals surface area contributed by atoms with E-state index in [-0.39, 0.29) is 18.1 Å². The molecule has 0 bridgehead atoms. The van der Waals surface area contributed by atoms with Crippen LogP contribution in [0.15, 0.2) is 36.4 Å². The Morgan fingerprint density at radius 1 is 1.32 bits per heavy atom. The minimum atomic E-state index is -0.307. The van der Waals surface area contributed by atoms with Crippen LogP contribution in [-0.4, -0.2) is 60.2 Å². The van der Waals surface area contributed by atoms with Crippen molar-refractivity contribution in [2.24, 2.45) is 0 Å². The highest BCUT2D eigenvalue weighted by Crippen LogP contribution is 2.22. The van der Waals surface area contributed by atoms with Crippen molar-refractivity contribution in [3.05, 3.63) is 42.0 Å². The molecular formula is C20H26N2O3. The van der Waals surface area contributed by atoms with Crippen molar-refractivity contribution >= 4 is 16.7 Å². The van der Waals surface area contributed by atoms with Crippen LogP contribution in [0, 0.1) is 0 Å². The zero-order chi connectivity index (χ0) is 18.0. The number of methoxy groups -OCH3 is 1. The fourth-order valence-corrected chi connectivity index (χ4v) is 3.45. The third-order valence-electron chi connectivity index (χ3n) is 5.01. The van der Waals surface area contributed by atoms with Gasteiger partial charge < -0.3 is 14.7 Å². The van der Waals surface area contributed by atoms with Gasteiger partial charge in [-0.25, -0.2) is 0 Å². The highest BCUT2D eigenvalue weighted by Gasteiger charge is 2.29. The molecule has 134 valence electrons. The van der Waals surface area contributed by atoms with Crippen LogP contribution in [0.1, 0.15) is 18.9 Å². The number of amides is 1. The molecule has 1 heterocycles. The Morgan fingerprint density at radius 2 is 2.04 bits per heavy atom. The highest BCUT2D eigenvalue weighted by molar-refractivity contribution is 5.85. The highest BCUT2D eigenvalue weighted by atomic mass is 16.5. The molecule has 1 fully saturated rings. The van der Waals surface area contributed by atoms with Gasteiger partial charge in [0.25, 0.3) is 0 Å². The monoisotopic (exact) mass is 342 g/mol. The second-order valence-corrected chi connectivity index (χ2v) is 6.86. The van der Waals surface area contributed by atoms with Crippen LogP contribution >= 0.6 is 0 Å². The predicted molar refractivity (Wildman–Crippen MR) is 98.6 cm³/mol. The third-order valence-corrected chi connectivity index (χ3v) is 5.01. The molecule has 5 nitrogen and oxygen atoms in total. The number of aliphatic hydroxyl groups excluding tert-OH is 1. The number of carbonyl (C=O) groups excluding carboxylic acids is 1. The molecule has 25 heavy (non-hydrogen) atoms. The lowest BCUT2D eigenvalue weighted by Crippen LogP contribution is -2.44. The van der Waals surface area contributed by atoms with Crippen molar-refractivity contribution in [3.63, 3.8) is 0 Å². The summed E-state index contributed by atoms with van der Waals surface area (Å²) in [4.78, 5) is 16.5. The molecule has 0 spiro atoms. The molecule has 1 aliphatic heterocycles. The summed E-state index contributed by atoms with van der Waals surface area (Å²) >= 11 is 0. The average Bonchev–Trinajstić information content (AvgIpc) is 3.06. The number of carbonyl (C=O) groups is 1. The van der Waals surface area contributed by atoms with Gasteiger partial charge in [-0.05, 0) is 47.9 Å². The van der Waals surface area contributed by atoms with Gasteiger partial charge in [-0.2, -0.15) is 0 Å². The maximum Gasteiger partial charge on any atom is 0.239 e. The first kappa shape index (κ1) is 17.7. The molecule has 0 saturated carbocycles. The minimum Gasteiger partial charge on any atom is -0.497 e. The largest absolute Gasteiger partial charge is 0.497 e. The van der Waals surface area contributed by atoms with Gasteiger partial charge in [-0.1, -0.05) is 18.2 Å². The average molecular weight is 342 g/mol. The lowest BCUT2D eigenvalue weighted by atomic mass is 10.1. The number of benzene rings is 2. The smallest absolute Gasteiger partial charge is 0.239 e. The van der Waals surface area contributed by atoms with Gasteiger partial charge >= 0.3 is 0 Å². The maximum atomic E-state index is 12.7. The van der Waals surface area contributed by atoms with E-state index in [1.165, 1.54) is 0 Å². The molecule has 0 radical (unpaired) electrons. The lowest BCUT2D eigenvalue weighted by molar-refractivity contribution is -0.135. The van der Waals surface area contributed by atoms with Gasteiger partial charge in [-0.3, -0.25) is 9.69 Å². The number of hydrogen-bond donors (Lipinski definition) is 1. The number of hydrogen-bond acceptors (Lipinski definition) is 4. The van der Waals surface area contributed by atoms with Gasteiger partial charge in [0, 0.05) is 26.7 Å². The van der Waals surface area contributed by atoms with E-state index >= 15 is 0 Å². The van der Waals surface area contributed by atoms with E-state index < -0.39 is 0 Å². The van der Waals surface area contributed by atoms with Crippen LogP contribution in [-0.2, 0) is 11.3 Å². The van der Waals surface area contributed by atoms with Crippen molar-refractivity contribution in [1.82, 2.24) is 9.80 Å². The molecule has 2 atom stereocenters. The molecule has 1 N–H and O–H groups in total. The Kier molecular flexibility index (Phi) is 5.25. The van der Waals surface area contributed by atoms with Crippen LogP contribution < -0.4 is 4.74 Å². The first-order valence-electron chi connectivity index (χ1n) is 8.71. The number of likely N-dealkylation sites (tertiary alicyclic amines) is 1. The number of aliphatic hydroxyl groups is 1. The lowest BCUT2D eigenvalue weighted by Gasteiger charge is -2.27. The third kappa shape index (κ3) is 3.94. The summed E-state index contributed by atoms with van der Waals surface area (Å²) in [6.07, 6.45) is 0.438. The Balaban J connectivity index is 1.68. The summed E-state index contributed by atoms with van der Waals surface area (Å²) in [6, 6.07) is 12.0. The van der Waals surface area contributed by atoms with Gasteiger partial charge in [0.15, 0.2) is 0 Å². The van der Waals surface area contributed by atoms with Crippen LogP contribution in [0.3, 0.4) is 0 Å². The van der Waals surface area contributed by atoms with E-state index in [1.807, 2.05) is 32.2 Å². The summed E-state index contributed by atoms with van der Waals surface area (Å²) in [7, 11) is 3.50. The Hall–Kier alpha value is -2.11. The molecule has 0 aliphatic carbocycles. The molecule has 2 aromatic rings. The molecule has 2 aromatic carbocycles. The zero-order valence-corrected chi connectivity index (χ0v) is 15.1. The van der Waals surface area contributed by atoms with Crippen molar-refractivity contribution in [2.75, 3.05) is 27.2 Å². The molecule has 5 heteroatoms.